The molecule has 110 valence electrons. The van der Waals surface area contributed by atoms with Crippen LogP contribution in [0.15, 0.2) is 54.6 Å². The average molecular weight is 280 g/mol. The number of rotatable bonds is 4. The van der Waals surface area contributed by atoms with Crippen LogP contribution in [0.3, 0.4) is 0 Å². The van der Waals surface area contributed by atoms with Crippen molar-refractivity contribution < 1.29 is 0 Å². The van der Waals surface area contributed by atoms with Gasteiger partial charge >= 0.3 is 0 Å². The molecule has 0 amide bonds. The lowest BCUT2D eigenvalue weighted by molar-refractivity contribution is 0.195. The first kappa shape index (κ1) is 14.3. The first-order chi connectivity index (χ1) is 10.3. The minimum atomic E-state index is 0.354. The summed E-state index contributed by atoms with van der Waals surface area (Å²) in [6, 6.07) is 20.4. The van der Waals surface area contributed by atoms with Crippen LogP contribution in [0.5, 0.6) is 0 Å². The molecule has 2 aromatic rings. The van der Waals surface area contributed by atoms with Crippen molar-refractivity contribution in [3.63, 3.8) is 0 Å². The van der Waals surface area contributed by atoms with Crippen molar-refractivity contribution in [1.29, 1.82) is 0 Å². The van der Waals surface area contributed by atoms with Crippen LogP contribution in [-0.2, 0) is 0 Å². The van der Waals surface area contributed by atoms with Crippen LogP contribution < -0.4 is 5.73 Å². The first-order valence-electron chi connectivity index (χ1n) is 7.91. The lowest BCUT2D eigenvalue weighted by atomic mass is 9.99. The second-order valence-corrected chi connectivity index (χ2v) is 5.97. The second kappa shape index (κ2) is 6.42. The Balaban J connectivity index is 1.82. The minimum Gasteiger partial charge on any atom is -0.329 e. The molecule has 2 unspecified atom stereocenters. The average Bonchev–Trinajstić information content (AvgIpc) is 2.96. The molecule has 2 heteroatoms. The Morgan fingerprint density at radius 3 is 2.29 bits per heavy atom. The van der Waals surface area contributed by atoms with Crippen molar-refractivity contribution >= 4 is 0 Å². The van der Waals surface area contributed by atoms with Gasteiger partial charge in [0.15, 0.2) is 0 Å². The van der Waals surface area contributed by atoms with Crippen molar-refractivity contribution in [2.45, 2.75) is 31.8 Å². The van der Waals surface area contributed by atoms with Crippen molar-refractivity contribution in [3.8, 4) is 11.1 Å². The van der Waals surface area contributed by atoms with Gasteiger partial charge in [-0.05, 0) is 43.0 Å². The zero-order valence-corrected chi connectivity index (χ0v) is 12.7. The van der Waals surface area contributed by atoms with Gasteiger partial charge < -0.3 is 5.73 Å². The molecule has 0 bridgehead atoms. The maximum absolute atomic E-state index is 6.05. The summed E-state index contributed by atoms with van der Waals surface area (Å²) in [7, 11) is 0. The third-order valence-corrected chi connectivity index (χ3v) is 4.63. The number of hydrogen-bond acceptors (Lipinski definition) is 2. The number of benzene rings is 2. The van der Waals surface area contributed by atoms with Crippen LogP contribution in [0.4, 0.5) is 0 Å². The van der Waals surface area contributed by atoms with Crippen molar-refractivity contribution in [1.82, 2.24) is 4.90 Å². The van der Waals surface area contributed by atoms with E-state index in [4.69, 9.17) is 5.73 Å². The molecule has 0 radical (unpaired) electrons. The maximum atomic E-state index is 6.05. The van der Waals surface area contributed by atoms with Gasteiger partial charge in [0.25, 0.3) is 0 Å². The maximum Gasteiger partial charge on any atom is 0.0473 e. The molecule has 1 heterocycles. The molecule has 0 spiro atoms. The standard InChI is InChI=1S/C19H24N2/c1-15-6-5-13-21(15)19(14-20)18-11-9-17(10-12-18)16-7-3-2-4-8-16/h2-4,7-12,15,19H,5-6,13-14,20H2,1H3. The van der Waals surface area contributed by atoms with Gasteiger partial charge in [-0.25, -0.2) is 0 Å². The van der Waals surface area contributed by atoms with E-state index in [0.717, 1.165) is 0 Å². The van der Waals surface area contributed by atoms with Crippen LogP contribution in [-0.4, -0.2) is 24.0 Å². The fourth-order valence-electron chi connectivity index (χ4n) is 3.41. The molecule has 21 heavy (non-hydrogen) atoms. The van der Waals surface area contributed by atoms with Gasteiger partial charge in [-0.2, -0.15) is 0 Å². The van der Waals surface area contributed by atoms with Crippen LogP contribution in [0.2, 0.25) is 0 Å². The molecule has 2 N–H and O–H groups in total. The van der Waals surface area contributed by atoms with Crippen LogP contribution in [0.1, 0.15) is 31.4 Å². The fraction of sp³-hybridized carbons (Fsp3) is 0.368. The summed E-state index contributed by atoms with van der Waals surface area (Å²) in [5.41, 5.74) is 9.93. The predicted molar refractivity (Wildman–Crippen MR) is 89.1 cm³/mol. The highest BCUT2D eigenvalue weighted by atomic mass is 15.2. The van der Waals surface area contributed by atoms with Gasteiger partial charge in [0.2, 0.25) is 0 Å². The highest BCUT2D eigenvalue weighted by Crippen LogP contribution is 2.30. The van der Waals surface area contributed by atoms with Gasteiger partial charge in [0, 0.05) is 18.6 Å². The summed E-state index contributed by atoms with van der Waals surface area (Å²) < 4.78 is 0. The normalized spacial score (nSPS) is 20.6. The predicted octanol–water partition coefficient (Wildman–Crippen LogP) is 3.84. The van der Waals surface area contributed by atoms with Crippen molar-refractivity contribution in [3.05, 3.63) is 60.2 Å². The molecule has 2 nitrogen and oxygen atoms in total. The summed E-state index contributed by atoms with van der Waals surface area (Å²) in [6.07, 6.45) is 2.58. The Morgan fingerprint density at radius 1 is 1.05 bits per heavy atom. The molecule has 0 saturated carbocycles. The number of nitrogens with two attached hydrogens (primary N) is 1. The molecule has 1 saturated heterocycles. The van der Waals surface area contributed by atoms with Crippen LogP contribution in [0.25, 0.3) is 11.1 Å². The van der Waals surface area contributed by atoms with Crippen molar-refractivity contribution in [2.24, 2.45) is 5.73 Å². The zero-order chi connectivity index (χ0) is 14.7. The number of nitrogens with zero attached hydrogens (tertiary/aromatic N) is 1. The van der Waals surface area contributed by atoms with E-state index in [1.807, 2.05) is 0 Å². The third-order valence-electron chi connectivity index (χ3n) is 4.63. The molecule has 1 aliphatic heterocycles. The summed E-state index contributed by atoms with van der Waals surface area (Å²) in [4.78, 5) is 2.55. The molecule has 3 rings (SSSR count). The highest BCUT2D eigenvalue weighted by molar-refractivity contribution is 5.63. The zero-order valence-electron chi connectivity index (χ0n) is 12.7. The van der Waals surface area contributed by atoms with Gasteiger partial charge in [0.05, 0.1) is 0 Å². The molecule has 0 aromatic heterocycles. The summed E-state index contributed by atoms with van der Waals surface area (Å²) in [5, 5.41) is 0. The smallest absolute Gasteiger partial charge is 0.0473 e. The lowest BCUT2D eigenvalue weighted by Gasteiger charge is -2.31. The van der Waals surface area contributed by atoms with E-state index in [1.165, 1.54) is 36.1 Å². The van der Waals surface area contributed by atoms with E-state index in [2.05, 4.69) is 66.4 Å². The number of hydrogen-bond donors (Lipinski definition) is 1. The molecular weight excluding hydrogens is 256 g/mol. The summed E-state index contributed by atoms with van der Waals surface area (Å²) >= 11 is 0. The van der Waals surface area contributed by atoms with Crippen LogP contribution in [0, 0.1) is 0 Å². The Hall–Kier alpha value is -1.64. The Morgan fingerprint density at radius 2 is 1.71 bits per heavy atom. The van der Waals surface area contributed by atoms with E-state index < -0.39 is 0 Å². The largest absolute Gasteiger partial charge is 0.329 e. The summed E-state index contributed by atoms with van der Waals surface area (Å²) in [6.45, 7) is 4.17. The molecule has 1 aliphatic rings. The van der Waals surface area contributed by atoms with E-state index in [9.17, 15) is 0 Å². The molecular formula is C19H24N2. The quantitative estimate of drug-likeness (QED) is 0.922. The van der Waals surface area contributed by atoms with E-state index >= 15 is 0 Å². The van der Waals surface area contributed by atoms with Gasteiger partial charge in [-0.15, -0.1) is 0 Å². The third kappa shape index (κ3) is 3.02. The van der Waals surface area contributed by atoms with Gasteiger partial charge in [-0.1, -0.05) is 54.6 Å². The van der Waals surface area contributed by atoms with Crippen molar-refractivity contribution in [2.75, 3.05) is 13.1 Å². The molecule has 0 aliphatic carbocycles. The summed E-state index contributed by atoms with van der Waals surface area (Å²) in [5.74, 6) is 0. The molecule has 2 aromatic carbocycles. The Kier molecular flexibility index (Phi) is 4.37. The van der Waals surface area contributed by atoms with E-state index in [0.29, 0.717) is 18.6 Å². The lowest BCUT2D eigenvalue weighted by Crippen LogP contribution is -2.35. The van der Waals surface area contributed by atoms with E-state index in [1.54, 1.807) is 0 Å². The van der Waals surface area contributed by atoms with E-state index in [-0.39, 0.29) is 0 Å². The topological polar surface area (TPSA) is 29.3 Å². The van der Waals surface area contributed by atoms with Gasteiger partial charge in [-0.3, -0.25) is 4.90 Å². The molecule has 2 atom stereocenters. The highest BCUT2D eigenvalue weighted by Gasteiger charge is 2.27. The number of likely N-dealkylation sites (tertiary alicyclic amines) is 1. The van der Waals surface area contributed by atoms with Gasteiger partial charge in [0.1, 0.15) is 0 Å². The SMILES string of the molecule is CC1CCCN1C(CN)c1ccc(-c2ccccc2)cc1. The first-order valence-corrected chi connectivity index (χ1v) is 7.91. The fourth-order valence-corrected chi connectivity index (χ4v) is 3.41. The van der Waals surface area contributed by atoms with Crippen LogP contribution >= 0.6 is 0 Å². The monoisotopic (exact) mass is 280 g/mol. The Bertz CT molecular complexity index is 562. The minimum absolute atomic E-state index is 0.354. The molecule has 1 fully saturated rings. The Labute approximate surface area is 127 Å². The second-order valence-electron chi connectivity index (χ2n) is 5.97.